The first-order chi connectivity index (χ1) is 7.63. The standard InChI is InChI=1S/C11H20N4O/c1-9(6-12)4-3-5-13-11(16)10-7-14-15(2)8-10/h7-9H,3-6,12H2,1-2H3,(H,13,16). The van der Waals surface area contributed by atoms with Crippen molar-refractivity contribution in [2.24, 2.45) is 18.7 Å². The molecule has 1 rings (SSSR count). The third kappa shape index (κ3) is 4.02. The third-order valence-corrected chi connectivity index (χ3v) is 2.53. The maximum atomic E-state index is 11.6. The summed E-state index contributed by atoms with van der Waals surface area (Å²) in [5, 5.41) is 6.81. The Kier molecular flexibility index (Phi) is 4.98. The molecule has 0 fully saturated rings. The van der Waals surface area contributed by atoms with Crippen LogP contribution in [0.5, 0.6) is 0 Å². The summed E-state index contributed by atoms with van der Waals surface area (Å²) in [5.41, 5.74) is 6.12. The second-order valence-electron chi connectivity index (χ2n) is 4.14. The Balaban J connectivity index is 2.21. The molecule has 5 nitrogen and oxygen atoms in total. The van der Waals surface area contributed by atoms with Crippen molar-refractivity contribution in [1.82, 2.24) is 15.1 Å². The van der Waals surface area contributed by atoms with E-state index in [1.807, 2.05) is 0 Å². The van der Waals surface area contributed by atoms with E-state index in [0.29, 0.717) is 24.6 Å². The minimum absolute atomic E-state index is 0.0616. The molecule has 1 unspecified atom stereocenters. The Morgan fingerprint density at radius 2 is 2.44 bits per heavy atom. The van der Waals surface area contributed by atoms with E-state index in [2.05, 4.69) is 17.3 Å². The summed E-state index contributed by atoms with van der Waals surface area (Å²) >= 11 is 0. The molecule has 16 heavy (non-hydrogen) atoms. The maximum absolute atomic E-state index is 11.6. The summed E-state index contributed by atoms with van der Waals surface area (Å²) in [4.78, 5) is 11.6. The fourth-order valence-electron chi connectivity index (χ4n) is 1.41. The predicted octanol–water partition coefficient (Wildman–Crippen LogP) is 0.525. The molecule has 1 aromatic heterocycles. The van der Waals surface area contributed by atoms with Gasteiger partial charge in [0.05, 0.1) is 11.8 Å². The van der Waals surface area contributed by atoms with Gasteiger partial charge < -0.3 is 11.1 Å². The number of carbonyl (C=O) groups is 1. The Hall–Kier alpha value is -1.36. The highest BCUT2D eigenvalue weighted by Gasteiger charge is 2.06. The molecule has 1 atom stereocenters. The van der Waals surface area contributed by atoms with Gasteiger partial charge in [0.25, 0.3) is 5.91 Å². The molecule has 0 radical (unpaired) electrons. The lowest BCUT2D eigenvalue weighted by atomic mass is 10.1. The van der Waals surface area contributed by atoms with Crippen molar-refractivity contribution < 1.29 is 4.79 Å². The molecular weight excluding hydrogens is 204 g/mol. The molecule has 0 saturated heterocycles. The van der Waals surface area contributed by atoms with Gasteiger partial charge in [0.2, 0.25) is 0 Å². The van der Waals surface area contributed by atoms with Gasteiger partial charge in [-0.05, 0) is 25.3 Å². The smallest absolute Gasteiger partial charge is 0.254 e. The summed E-state index contributed by atoms with van der Waals surface area (Å²) in [5.74, 6) is 0.462. The van der Waals surface area contributed by atoms with Gasteiger partial charge in [-0.2, -0.15) is 5.10 Å². The topological polar surface area (TPSA) is 72.9 Å². The maximum Gasteiger partial charge on any atom is 0.254 e. The highest BCUT2D eigenvalue weighted by atomic mass is 16.1. The summed E-state index contributed by atoms with van der Waals surface area (Å²) in [6.45, 7) is 3.51. The Morgan fingerprint density at radius 3 is 3.00 bits per heavy atom. The van der Waals surface area contributed by atoms with E-state index < -0.39 is 0 Å². The minimum atomic E-state index is -0.0616. The van der Waals surface area contributed by atoms with Gasteiger partial charge in [0.1, 0.15) is 0 Å². The molecular formula is C11H20N4O. The number of nitrogens with one attached hydrogen (secondary N) is 1. The van der Waals surface area contributed by atoms with E-state index in [9.17, 15) is 4.79 Å². The summed E-state index contributed by atoms with van der Waals surface area (Å²) in [6.07, 6.45) is 5.28. The molecule has 90 valence electrons. The highest BCUT2D eigenvalue weighted by molar-refractivity contribution is 5.93. The second kappa shape index (κ2) is 6.27. The lowest BCUT2D eigenvalue weighted by molar-refractivity contribution is 0.0952. The van der Waals surface area contributed by atoms with E-state index >= 15 is 0 Å². The first-order valence-electron chi connectivity index (χ1n) is 5.60. The Labute approximate surface area is 96.0 Å². The van der Waals surface area contributed by atoms with Crippen molar-refractivity contribution >= 4 is 5.91 Å². The molecule has 1 aromatic rings. The van der Waals surface area contributed by atoms with Crippen molar-refractivity contribution in [2.75, 3.05) is 13.1 Å². The predicted molar refractivity (Wildman–Crippen MR) is 63.0 cm³/mol. The molecule has 1 amide bonds. The van der Waals surface area contributed by atoms with Gasteiger partial charge in [0.15, 0.2) is 0 Å². The number of aryl methyl sites for hydroxylation is 1. The highest BCUT2D eigenvalue weighted by Crippen LogP contribution is 2.02. The van der Waals surface area contributed by atoms with Crippen LogP contribution >= 0.6 is 0 Å². The van der Waals surface area contributed by atoms with Crippen LogP contribution in [-0.4, -0.2) is 28.8 Å². The summed E-state index contributed by atoms with van der Waals surface area (Å²) < 4.78 is 1.62. The lowest BCUT2D eigenvalue weighted by Crippen LogP contribution is -2.24. The van der Waals surface area contributed by atoms with Crippen molar-refractivity contribution in [3.8, 4) is 0 Å². The normalized spacial score (nSPS) is 12.4. The van der Waals surface area contributed by atoms with Gasteiger partial charge >= 0.3 is 0 Å². The van der Waals surface area contributed by atoms with Crippen LogP contribution < -0.4 is 11.1 Å². The first kappa shape index (κ1) is 12.7. The van der Waals surface area contributed by atoms with Gasteiger partial charge in [-0.25, -0.2) is 0 Å². The molecule has 0 aliphatic carbocycles. The number of hydrogen-bond donors (Lipinski definition) is 2. The molecule has 3 N–H and O–H groups in total. The molecule has 0 aliphatic heterocycles. The molecule has 0 spiro atoms. The van der Waals surface area contributed by atoms with Crippen molar-refractivity contribution in [3.63, 3.8) is 0 Å². The second-order valence-corrected chi connectivity index (χ2v) is 4.14. The van der Waals surface area contributed by atoms with Crippen molar-refractivity contribution in [1.29, 1.82) is 0 Å². The van der Waals surface area contributed by atoms with Crippen LogP contribution in [0.3, 0.4) is 0 Å². The number of carbonyl (C=O) groups excluding carboxylic acids is 1. The fraction of sp³-hybridized carbons (Fsp3) is 0.636. The Bertz CT molecular complexity index is 334. The zero-order valence-corrected chi connectivity index (χ0v) is 9.94. The quantitative estimate of drug-likeness (QED) is 0.692. The van der Waals surface area contributed by atoms with E-state index in [-0.39, 0.29) is 5.91 Å². The van der Waals surface area contributed by atoms with Crippen LogP contribution in [0.25, 0.3) is 0 Å². The molecule has 1 heterocycles. The number of nitrogens with two attached hydrogens (primary N) is 1. The zero-order chi connectivity index (χ0) is 12.0. The molecule has 0 bridgehead atoms. The third-order valence-electron chi connectivity index (χ3n) is 2.53. The van der Waals surface area contributed by atoms with E-state index in [1.165, 1.54) is 0 Å². The first-order valence-corrected chi connectivity index (χ1v) is 5.60. The van der Waals surface area contributed by atoms with Crippen LogP contribution in [-0.2, 0) is 7.05 Å². The SMILES string of the molecule is CC(CN)CCCNC(=O)c1cnn(C)c1. The summed E-state index contributed by atoms with van der Waals surface area (Å²) in [6, 6.07) is 0. The van der Waals surface area contributed by atoms with Gasteiger partial charge in [0, 0.05) is 19.8 Å². The molecule has 0 aliphatic rings. The van der Waals surface area contributed by atoms with Crippen LogP contribution in [0.4, 0.5) is 0 Å². The fourth-order valence-corrected chi connectivity index (χ4v) is 1.41. The minimum Gasteiger partial charge on any atom is -0.352 e. The monoisotopic (exact) mass is 224 g/mol. The average molecular weight is 224 g/mol. The number of hydrogen-bond acceptors (Lipinski definition) is 3. The number of amides is 1. The van der Waals surface area contributed by atoms with Crippen molar-refractivity contribution in [3.05, 3.63) is 18.0 Å². The average Bonchev–Trinajstić information content (AvgIpc) is 2.70. The molecule has 0 aromatic carbocycles. The van der Waals surface area contributed by atoms with Gasteiger partial charge in [-0.1, -0.05) is 6.92 Å². The van der Waals surface area contributed by atoms with Crippen LogP contribution in [0.15, 0.2) is 12.4 Å². The number of nitrogens with zero attached hydrogens (tertiary/aromatic N) is 2. The zero-order valence-electron chi connectivity index (χ0n) is 9.94. The van der Waals surface area contributed by atoms with Gasteiger partial charge in [-0.3, -0.25) is 9.48 Å². The van der Waals surface area contributed by atoms with Crippen molar-refractivity contribution in [2.45, 2.75) is 19.8 Å². The number of aromatic nitrogens is 2. The van der Waals surface area contributed by atoms with Crippen LogP contribution in [0.2, 0.25) is 0 Å². The number of rotatable bonds is 6. The molecule has 5 heteroatoms. The van der Waals surface area contributed by atoms with E-state index in [1.54, 1.807) is 24.1 Å². The Morgan fingerprint density at radius 1 is 1.69 bits per heavy atom. The molecule has 0 saturated carbocycles. The van der Waals surface area contributed by atoms with E-state index in [0.717, 1.165) is 12.8 Å². The summed E-state index contributed by atoms with van der Waals surface area (Å²) in [7, 11) is 1.79. The van der Waals surface area contributed by atoms with Gasteiger partial charge in [-0.15, -0.1) is 0 Å². The largest absolute Gasteiger partial charge is 0.352 e. The van der Waals surface area contributed by atoms with Crippen LogP contribution in [0.1, 0.15) is 30.1 Å². The lowest BCUT2D eigenvalue weighted by Gasteiger charge is -2.08. The van der Waals surface area contributed by atoms with Crippen LogP contribution in [0, 0.1) is 5.92 Å². The van der Waals surface area contributed by atoms with E-state index in [4.69, 9.17) is 5.73 Å².